The second-order valence-electron chi connectivity index (χ2n) is 7.28. The molecule has 3 amide bonds. The number of hydrogen-bond acceptors (Lipinski definition) is 3. The van der Waals surface area contributed by atoms with Gasteiger partial charge in [0.05, 0.1) is 17.7 Å². The molecule has 0 aromatic heterocycles. The number of fused-ring (bicyclic) bond motifs is 2. The molecule has 5 nitrogen and oxygen atoms in total. The van der Waals surface area contributed by atoms with E-state index in [2.05, 4.69) is 0 Å². The average molecular weight is 382 g/mol. The number of carbonyl (C=O) groups excluding carboxylic acids is 3. The number of carbonyl (C=O) groups is 3. The van der Waals surface area contributed by atoms with Gasteiger partial charge in [-0.3, -0.25) is 19.3 Å². The Morgan fingerprint density at radius 2 is 1.55 bits per heavy atom. The summed E-state index contributed by atoms with van der Waals surface area (Å²) in [6.07, 6.45) is 0.815. The van der Waals surface area contributed by atoms with Crippen LogP contribution in [0.15, 0.2) is 72.8 Å². The molecule has 0 saturated carbocycles. The highest BCUT2D eigenvalue weighted by molar-refractivity contribution is 6.22. The van der Waals surface area contributed by atoms with Crippen LogP contribution in [0.3, 0.4) is 0 Å². The van der Waals surface area contributed by atoms with Crippen molar-refractivity contribution >= 4 is 23.4 Å². The second kappa shape index (κ2) is 6.71. The highest BCUT2D eigenvalue weighted by Crippen LogP contribution is 2.31. The van der Waals surface area contributed by atoms with Crippen molar-refractivity contribution in [2.75, 3.05) is 11.4 Å². The summed E-state index contributed by atoms with van der Waals surface area (Å²) in [6, 6.07) is 22.0. The summed E-state index contributed by atoms with van der Waals surface area (Å²) in [7, 11) is 0. The lowest BCUT2D eigenvalue weighted by Gasteiger charge is -2.17. The van der Waals surface area contributed by atoms with E-state index >= 15 is 0 Å². The van der Waals surface area contributed by atoms with Gasteiger partial charge in [0, 0.05) is 17.8 Å². The molecule has 5 heteroatoms. The number of benzene rings is 3. The van der Waals surface area contributed by atoms with Gasteiger partial charge in [-0.15, -0.1) is 0 Å². The molecule has 5 rings (SSSR count). The first-order chi connectivity index (χ1) is 14.1. The lowest BCUT2D eigenvalue weighted by atomic mass is 10.0. The van der Waals surface area contributed by atoms with Crippen LogP contribution in [0.2, 0.25) is 0 Å². The van der Waals surface area contributed by atoms with Gasteiger partial charge in [-0.25, -0.2) is 0 Å². The molecule has 2 heterocycles. The summed E-state index contributed by atoms with van der Waals surface area (Å²) in [6.45, 7) is 0.832. The topological polar surface area (TPSA) is 57.7 Å². The summed E-state index contributed by atoms with van der Waals surface area (Å²) in [5.74, 6) is -0.829. The van der Waals surface area contributed by atoms with Gasteiger partial charge in [-0.1, -0.05) is 48.5 Å². The van der Waals surface area contributed by atoms with E-state index in [0.717, 1.165) is 23.2 Å². The lowest BCUT2D eigenvalue weighted by molar-refractivity contribution is 0.0642. The number of amides is 3. The van der Waals surface area contributed by atoms with E-state index < -0.39 is 0 Å². The number of hydrogen-bond donors (Lipinski definition) is 0. The zero-order chi connectivity index (χ0) is 20.0. The number of para-hydroxylation sites is 1. The molecule has 29 heavy (non-hydrogen) atoms. The van der Waals surface area contributed by atoms with Crippen molar-refractivity contribution in [1.82, 2.24) is 4.90 Å². The minimum Gasteiger partial charge on any atom is -0.308 e. The van der Waals surface area contributed by atoms with Crippen LogP contribution in [0.1, 0.15) is 42.2 Å². The number of rotatable bonds is 3. The molecule has 0 bridgehead atoms. The molecule has 0 unspecified atom stereocenters. The van der Waals surface area contributed by atoms with Gasteiger partial charge in [0.25, 0.3) is 17.7 Å². The van der Waals surface area contributed by atoms with Gasteiger partial charge in [0.2, 0.25) is 0 Å². The van der Waals surface area contributed by atoms with Crippen LogP contribution < -0.4 is 4.90 Å². The maximum Gasteiger partial charge on any atom is 0.261 e. The highest BCUT2D eigenvalue weighted by atomic mass is 16.2. The second-order valence-corrected chi connectivity index (χ2v) is 7.28. The molecule has 0 radical (unpaired) electrons. The van der Waals surface area contributed by atoms with Crippen molar-refractivity contribution in [2.24, 2.45) is 0 Å². The summed E-state index contributed by atoms with van der Waals surface area (Å²) < 4.78 is 0. The molecule has 3 aromatic carbocycles. The molecule has 2 aliphatic heterocycles. The van der Waals surface area contributed by atoms with Gasteiger partial charge < -0.3 is 4.90 Å². The van der Waals surface area contributed by atoms with E-state index in [9.17, 15) is 14.4 Å². The zero-order valence-electron chi connectivity index (χ0n) is 15.7. The fraction of sp³-hybridized carbons (Fsp3) is 0.125. The summed E-state index contributed by atoms with van der Waals surface area (Å²) in [4.78, 5) is 41.7. The fourth-order valence-electron chi connectivity index (χ4n) is 4.04. The zero-order valence-corrected chi connectivity index (χ0v) is 15.7. The van der Waals surface area contributed by atoms with Crippen molar-refractivity contribution in [3.05, 3.63) is 101 Å². The molecule has 2 aliphatic rings. The standard InChI is InChI=1S/C24H18N2O3/c27-22(25-13-12-17-8-4-5-9-21(17)25)18-10-11-19-20(14-18)24(29)26(23(19)28)15-16-6-2-1-3-7-16/h1-11,14H,12-13,15H2. The summed E-state index contributed by atoms with van der Waals surface area (Å²) in [5, 5.41) is 0. The van der Waals surface area contributed by atoms with Crippen LogP contribution >= 0.6 is 0 Å². The maximum absolute atomic E-state index is 13.1. The Morgan fingerprint density at radius 3 is 2.38 bits per heavy atom. The number of imide groups is 1. The molecule has 0 atom stereocenters. The molecular weight excluding hydrogens is 364 g/mol. The molecule has 0 fully saturated rings. The van der Waals surface area contributed by atoms with E-state index in [1.807, 2.05) is 54.6 Å². The van der Waals surface area contributed by atoms with Crippen LogP contribution in [0.4, 0.5) is 5.69 Å². The molecule has 0 spiro atoms. The Kier molecular flexibility index (Phi) is 4.02. The van der Waals surface area contributed by atoms with E-state index in [1.54, 1.807) is 23.1 Å². The third-order valence-electron chi connectivity index (χ3n) is 5.53. The first-order valence-corrected chi connectivity index (χ1v) is 9.57. The predicted octanol–water partition coefficient (Wildman–Crippen LogP) is 3.69. The first-order valence-electron chi connectivity index (χ1n) is 9.57. The monoisotopic (exact) mass is 382 g/mol. The predicted molar refractivity (Wildman–Crippen MR) is 109 cm³/mol. The van der Waals surface area contributed by atoms with Crippen LogP contribution in [-0.2, 0) is 13.0 Å². The molecule has 142 valence electrons. The van der Waals surface area contributed by atoms with Crippen LogP contribution in [0, 0.1) is 0 Å². The van der Waals surface area contributed by atoms with Crippen molar-refractivity contribution in [3.63, 3.8) is 0 Å². The number of anilines is 1. The van der Waals surface area contributed by atoms with Gasteiger partial charge >= 0.3 is 0 Å². The van der Waals surface area contributed by atoms with Gasteiger partial charge in [-0.2, -0.15) is 0 Å². The molecule has 3 aromatic rings. The van der Waals surface area contributed by atoms with Crippen LogP contribution in [-0.4, -0.2) is 29.2 Å². The van der Waals surface area contributed by atoms with E-state index in [4.69, 9.17) is 0 Å². The average Bonchev–Trinajstić information content (AvgIpc) is 3.29. The van der Waals surface area contributed by atoms with Crippen molar-refractivity contribution in [2.45, 2.75) is 13.0 Å². The minimum absolute atomic E-state index is 0.153. The normalized spacial score (nSPS) is 14.9. The lowest BCUT2D eigenvalue weighted by Crippen LogP contribution is -2.29. The summed E-state index contributed by atoms with van der Waals surface area (Å²) in [5.41, 5.74) is 4.00. The van der Waals surface area contributed by atoms with Gasteiger partial charge in [0.1, 0.15) is 0 Å². The largest absolute Gasteiger partial charge is 0.308 e. The van der Waals surface area contributed by atoms with Crippen molar-refractivity contribution in [1.29, 1.82) is 0 Å². The first kappa shape index (κ1) is 17.4. The minimum atomic E-state index is -0.356. The number of nitrogens with zero attached hydrogens (tertiary/aromatic N) is 2. The highest BCUT2D eigenvalue weighted by Gasteiger charge is 2.36. The third kappa shape index (κ3) is 2.83. The van der Waals surface area contributed by atoms with Crippen molar-refractivity contribution in [3.8, 4) is 0 Å². The Balaban J connectivity index is 1.44. The van der Waals surface area contributed by atoms with Gasteiger partial charge in [0.15, 0.2) is 0 Å². The van der Waals surface area contributed by atoms with E-state index in [1.165, 1.54) is 4.90 Å². The van der Waals surface area contributed by atoms with Crippen LogP contribution in [0.5, 0.6) is 0 Å². The smallest absolute Gasteiger partial charge is 0.261 e. The Labute approximate surface area is 168 Å². The van der Waals surface area contributed by atoms with E-state index in [0.29, 0.717) is 23.2 Å². The third-order valence-corrected chi connectivity index (χ3v) is 5.53. The van der Waals surface area contributed by atoms with Crippen LogP contribution in [0.25, 0.3) is 0 Å². The quantitative estimate of drug-likeness (QED) is 0.649. The molecule has 0 saturated heterocycles. The SMILES string of the molecule is O=C1c2ccc(C(=O)N3CCc4ccccc43)cc2C(=O)N1Cc1ccccc1. The molecular formula is C24H18N2O3. The summed E-state index contributed by atoms with van der Waals surface area (Å²) >= 11 is 0. The fourth-order valence-corrected chi connectivity index (χ4v) is 4.04. The van der Waals surface area contributed by atoms with E-state index in [-0.39, 0.29) is 24.3 Å². The Bertz CT molecular complexity index is 1150. The maximum atomic E-state index is 13.1. The molecule has 0 N–H and O–H groups in total. The molecule has 0 aliphatic carbocycles. The Morgan fingerprint density at radius 1 is 0.828 bits per heavy atom. The van der Waals surface area contributed by atoms with Crippen molar-refractivity contribution < 1.29 is 14.4 Å². The Hall–Kier alpha value is -3.73. The van der Waals surface area contributed by atoms with Gasteiger partial charge in [-0.05, 0) is 41.8 Å².